The number of methoxy groups -OCH3 is 2. The number of allylic oxidation sites excluding steroid dienone is 4. The zero-order valence-electron chi connectivity index (χ0n) is 22.0. The third kappa shape index (κ3) is 5.48. The number of halogens is 1. The van der Waals surface area contributed by atoms with Crippen molar-refractivity contribution in [3.63, 3.8) is 0 Å². The first-order valence-corrected chi connectivity index (χ1v) is 13.4. The first-order valence-electron chi connectivity index (χ1n) is 12.6. The maximum atomic E-state index is 13.4. The average Bonchev–Trinajstić information content (AvgIpc) is 2.91. The smallest absolute Gasteiger partial charge is 0.341 e. The number of ether oxygens (including phenoxy) is 3. The second-order valence-corrected chi connectivity index (χ2v) is 10.5. The predicted octanol–water partition coefficient (Wildman–Crippen LogP) is 6.34. The van der Waals surface area contributed by atoms with Gasteiger partial charge in [0.25, 0.3) is 0 Å². The molecule has 8 heteroatoms. The fraction of sp³-hybridized carbons (Fsp3) is 0.367. The molecule has 38 heavy (non-hydrogen) atoms. The molecule has 198 valence electrons. The zero-order chi connectivity index (χ0) is 27.4. The van der Waals surface area contributed by atoms with Crippen molar-refractivity contribution in [3.8, 4) is 17.6 Å². The molecule has 0 saturated heterocycles. The van der Waals surface area contributed by atoms with Crippen LogP contribution in [0.25, 0.3) is 0 Å². The van der Waals surface area contributed by atoms with Crippen LogP contribution in [0.3, 0.4) is 0 Å². The highest BCUT2D eigenvalue weighted by Crippen LogP contribution is 2.46. The molecule has 7 nitrogen and oxygen atoms in total. The number of hydrogen-bond acceptors (Lipinski definition) is 7. The van der Waals surface area contributed by atoms with Crippen LogP contribution in [0.15, 0.2) is 63.4 Å². The van der Waals surface area contributed by atoms with Crippen LogP contribution >= 0.6 is 15.9 Å². The standard InChI is InChI=1S/C30H31BrN2O5/c1-5-7-18-11-25-28(26(34)12-18)27(23(15-32)17(2)33-25)20-13-22(30(35)37-4)29(24(31)14-20)38-16-19-8-6-9-21(10-19)36-3/h6,8-10,13-14,18,27,33H,5,7,11-12,16H2,1-4H3. The van der Waals surface area contributed by atoms with Crippen molar-refractivity contribution >= 4 is 27.7 Å². The van der Waals surface area contributed by atoms with Crippen molar-refractivity contribution < 1.29 is 23.8 Å². The maximum absolute atomic E-state index is 13.4. The molecular weight excluding hydrogens is 548 g/mol. The number of ketones is 1. The van der Waals surface area contributed by atoms with Crippen LogP contribution in [0.4, 0.5) is 0 Å². The summed E-state index contributed by atoms with van der Waals surface area (Å²) in [6.07, 6.45) is 3.19. The number of nitrogens with zero attached hydrogens (tertiary/aromatic N) is 1. The van der Waals surface area contributed by atoms with E-state index >= 15 is 0 Å². The van der Waals surface area contributed by atoms with E-state index in [9.17, 15) is 14.9 Å². The van der Waals surface area contributed by atoms with Gasteiger partial charge in [-0.2, -0.15) is 5.26 Å². The van der Waals surface area contributed by atoms with Crippen LogP contribution in [-0.2, 0) is 16.1 Å². The van der Waals surface area contributed by atoms with Crippen LogP contribution in [0.2, 0.25) is 0 Å². The van der Waals surface area contributed by atoms with E-state index in [1.165, 1.54) is 7.11 Å². The molecule has 1 aliphatic heterocycles. The lowest BCUT2D eigenvalue weighted by atomic mass is 9.72. The van der Waals surface area contributed by atoms with E-state index < -0.39 is 11.9 Å². The number of hydrogen-bond donors (Lipinski definition) is 1. The summed E-state index contributed by atoms with van der Waals surface area (Å²) in [5.41, 5.74) is 4.38. The molecule has 2 aromatic rings. The Bertz CT molecular complexity index is 1370. The second-order valence-electron chi connectivity index (χ2n) is 9.60. The predicted molar refractivity (Wildman–Crippen MR) is 147 cm³/mol. The molecule has 0 bridgehead atoms. The Balaban J connectivity index is 1.77. The number of rotatable bonds is 8. The van der Waals surface area contributed by atoms with Gasteiger partial charge in [0.2, 0.25) is 0 Å². The Kier molecular flexibility index (Phi) is 8.58. The lowest BCUT2D eigenvalue weighted by Gasteiger charge is -2.35. The van der Waals surface area contributed by atoms with E-state index in [-0.39, 0.29) is 23.9 Å². The van der Waals surface area contributed by atoms with Gasteiger partial charge in [-0.1, -0.05) is 25.5 Å². The Morgan fingerprint density at radius 1 is 1.21 bits per heavy atom. The number of carbonyl (C=O) groups excluding carboxylic acids is 2. The molecule has 2 aliphatic rings. The summed E-state index contributed by atoms with van der Waals surface area (Å²) >= 11 is 3.58. The van der Waals surface area contributed by atoms with Gasteiger partial charge in [-0.3, -0.25) is 4.79 Å². The summed E-state index contributed by atoms with van der Waals surface area (Å²) in [7, 11) is 2.90. The average molecular weight is 579 g/mol. The molecule has 4 rings (SSSR count). The maximum Gasteiger partial charge on any atom is 0.341 e. The molecule has 1 heterocycles. The Hall–Kier alpha value is -3.57. The molecule has 2 aromatic carbocycles. The highest BCUT2D eigenvalue weighted by atomic mass is 79.9. The Morgan fingerprint density at radius 2 is 2.00 bits per heavy atom. The van der Waals surface area contributed by atoms with Gasteiger partial charge < -0.3 is 19.5 Å². The first-order chi connectivity index (χ1) is 18.3. The monoisotopic (exact) mass is 578 g/mol. The van der Waals surface area contributed by atoms with E-state index in [0.29, 0.717) is 39.1 Å². The van der Waals surface area contributed by atoms with E-state index in [1.807, 2.05) is 37.3 Å². The van der Waals surface area contributed by atoms with Gasteiger partial charge in [0.1, 0.15) is 23.7 Å². The number of nitriles is 1. The third-order valence-corrected chi connectivity index (χ3v) is 7.64. The molecule has 0 aromatic heterocycles. The quantitative estimate of drug-likeness (QED) is 0.365. The Labute approximate surface area is 231 Å². The molecule has 1 aliphatic carbocycles. The normalized spacial score (nSPS) is 18.9. The van der Waals surface area contributed by atoms with Crippen molar-refractivity contribution in [1.29, 1.82) is 5.26 Å². The second kappa shape index (κ2) is 11.9. The van der Waals surface area contributed by atoms with Crippen molar-refractivity contribution in [1.82, 2.24) is 5.32 Å². The van der Waals surface area contributed by atoms with Gasteiger partial charge in [0, 0.05) is 23.4 Å². The number of carbonyl (C=O) groups is 2. The van der Waals surface area contributed by atoms with Gasteiger partial charge in [0.15, 0.2) is 5.78 Å². The zero-order valence-corrected chi connectivity index (χ0v) is 23.6. The summed E-state index contributed by atoms with van der Waals surface area (Å²) in [6, 6.07) is 13.3. The minimum atomic E-state index is -0.585. The number of nitrogens with one attached hydrogen (secondary N) is 1. The fourth-order valence-corrected chi connectivity index (χ4v) is 5.91. The number of benzene rings is 2. The third-order valence-electron chi connectivity index (χ3n) is 7.05. The summed E-state index contributed by atoms with van der Waals surface area (Å²) in [4.78, 5) is 26.3. The van der Waals surface area contributed by atoms with Gasteiger partial charge >= 0.3 is 5.97 Å². The van der Waals surface area contributed by atoms with Crippen LogP contribution in [0.1, 0.15) is 66.9 Å². The lowest BCUT2D eigenvalue weighted by molar-refractivity contribution is -0.117. The van der Waals surface area contributed by atoms with Crippen LogP contribution < -0.4 is 14.8 Å². The Morgan fingerprint density at radius 3 is 2.68 bits per heavy atom. The topological polar surface area (TPSA) is 97.7 Å². The van der Waals surface area contributed by atoms with Crippen molar-refractivity contribution in [2.24, 2.45) is 5.92 Å². The van der Waals surface area contributed by atoms with Crippen molar-refractivity contribution in [2.45, 2.75) is 52.1 Å². The molecule has 2 unspecified atom stereocenters. The highest BCUT2D eigenvalue weighted by Gasteiger charge is 2.39. The van der Waals surface area contributed by atoms with Crippen LogP contribution in [-0.4, -0.2) is 26.0 Å². The SMILES string of the molecule is CCCC1CC(=O)C2=C(C1)NC(C)=C(C#N)C2c1cc(Br)c(OCc2cccc(OC)c2)c(C(=O)OC)c1. The van der Waals surface area contributed by atoms with Gasteiger partial charge in [0.05, 0.1) is 36.3 Å². The molecule has 0 radical (unpaired) electrons. The highest BCUT2D eigenvalue weighted by molar-refractivity contribution is 9.10. The lowest BCUT2D eigenvalue weighted by Crippen LogP contribution is -2.34. The minimum absolute atomic E-state index is 0.0385. The molecule has 0 amide bonds. The fourth-order valence-electron chi connectivity index (χ4n) is 5.32. The van der Waals surface area contributed by atoms with Gasteiger partial charge in [-0.05, 0) is 77.0 Å². The minimum Gasteiger partial charge on any atom is -0.497 e. The molecule has 2 atom stereocenters. The number of Topliss-reactive ketones (excluding diaryl/α,β-unsaturated/α-hetero) is 1. The van der Waals surface area contributed by atoms with Crippen molar-refractivity contribution in [2.75, 3.05) is 14.2 Å². The van der Waals surface area contributed by atoms with E-state index in [0.717, 1.165) is 36.2 Å². The summed E-state index contributed by atoms with van der Waals surface area (Å²) < 4.78 is 17.0. The molecule has 0 fully saturated rings. The van der Waals surface area contributed by atoms with E-state index in [4.69, 9.17) is 14.2 Å². The molecular formula is C30H31BrN2O5. The van der Waals surface area contributed by atoms with E-state index in [2.05, 4.69) is 34.2 Å². The number of esters is 1. The number of dihydropyridines is 1. The summed E-state index contributed by atoms with van der Waals surface area (Å²) in [5, 5.41) is 13.4. The van der Waals surface area contributed by atoms with Crippen LogP contribution in [0.5, 0.6) is 11.5 Å². The van der Waals surface area contributed by atoms with E-state index in [1.54, 1.807) is 13.2 Å². The molecule has 0 saturated carbocycles. The summed E-state index contributed by atoms with van der Waals surface area (Å²) in [5.74, 6) is 0.182. The van der Waals surface area contributed by atoms with Crippen molar-refractivity contribution in [3.05, 3.63) is 80.1 Å². The molecule has 1 N–H and O–H groups in total. The molecule has 0 spiro atoms. The first kappa shape index (κ1) is 27.5. The van der Waals surface area contributed by atoms with Crippen LogP contribution in [0, 0.1) is 17.2 Å². The van der Waals surface area contributed by atoms with Gasteiger partial charge in [-0.25, -0.2) is 4.79 Å². The van der Waals surface area contributed by atoms with Gasteiger partial charge in [-0.15, -0.1) is 0 Å². The summed E-state index contributed by atoms with van der Waals surface area (Å²) in [6.45, 7) is 4.17. The largest absolute Gasteiger partial charge is 0.497 e.